The number of hydrogen-bond donors (Lipinski definition) is 4. The molecule has 1 aliphatic carbocycles. The molecule has 2 atom stereocenters. The van der Waals surface area contributed by atoms with Crippen LogP contribution in [0.3, 0.4) is 0 Å². The molecule has 0 spiro atoms. The summed E-state index contributed by atoms with van der Waals surface area (Å²) in [4.78, 5) is 49.5. The van der Waals surface area contributed by atoms with Crippen molar-refractivity contribution in [1.29, 1.82) is 0 Å². The molecule has 5 rings (SSSR count). The van der Waals surface area contributed by atoms with Crippen molar-refractivity contribution in [3.8, 4) is 0 Å². The average Bonchev–Trinajstić information content (AvgIpc) is 3.71. The highest BCUT2D eigenvalue weighted by molar-refractivity contribution is 7.15. The zero-order valence-electron chi connectivity index (χ0n) is 30.1. The standard InChI is InChI=1S/C36H44N8O6S2/c1-35(2,3)49-33(47)37-25-14-10-21(11-15-25)18-27(45)39-31-43-41-29(51-31)23-8-7-9-24(20-23)30-42-44-32(52-30)40-28(46)19-22-12-16-26(17-13-22)38-34(48)50-36(4,5)6/h10-17,23-24H,7-9,18-20H2,1-6H3,(H,37,47)(H,38,48)(H,39,43,45)(H,40,44,46). The van der Waals surface area contributed by atoms with Crippen LogP contribution in [0.1, 0.15) is 100 Å². The van der Waals surface area contributed by atoms with E-state index in [1.54, 1.807) is 90.1 Å². The maximum atomic E-state index is 12.8. The lowest BCUT2D eigenvalue weighted by molar-refractivity contribution is -0.116. The van der Waals surface area contributed by atoms with Gasteiger partial charge in [0.05, 0.1) is 12.8 Å². The molecule has 52 heavy (non-hydrogen) atoms. The van der Waals surface area contributed by atoms with Crippen LogP contribution in [0.2, 0.25) is 0 Å². The summed E-state index contributed by atoms with van der Waals surface area (Å²) < 4.78 is 10.5. The molecule has 276 valence electrons. The Labute approximate surface area is 310 Å². The summed E-state index contributed by atoms with van der Waals surface area (Å²) >= 11 is 2.75. The number of nitrogens with one attached hydrogen (secondary N) is 4. The zero-order chi connectivity index (χ0) is 37.5. The lowest BCUT2D eigenvalue weighted by Crippen LogP contribution is -2.27. The van der Waals surface area contributed by atoms with E-state index >= 15 is 0 Å². The van der Waals surface area contributed by atoms with E-state index in [0.29, 0.717) is 21.6 Å². The molecule has 4 aromatic rings. The fourth-order valence-electron chi connectivity index (χ4n) is 5.49. The van der Waals surface area contributed by atoms with Gasteiger partial charge in [0, 0.05) is 23.2 Å². The van der Waals surface area contributed by atoms with Crippen LogP contribution in [-0.2, 0) is 31.9 Å². The van der Waals surface area contributed by atoms with Gasteiger partial charge >= 0.3 is 12.2 Å². The van der Waals surface area contributed by atoms with Crippen LogP contribution in [-0.4, -0.2) is 55.6 Å². The number of anilines is 4. The molecule has 2 heterocycles. The van der Waals surface area contributed by atoms with E-state index in [1.165, 1.54) is 22.7 Å². The van der Waals surface area contributed by atoms with Gasteiger partial charge in [-0.05, 0) is 96.2 Å². The van der Waals surface area contributed by atoms with E-state index in [1.807, 2.05) is 0 Å². The third-order valence-corrected chi connectivity index (χ3v) is 9.68. The van der Waals surface area contributed by atoms with Gasteiger partial charge in [0.2, 0.25) is 22.1 Å². The van der Waals surface area contributed by atoms with Crippen molar-refractivity contribution < 1.29 is 28.7 Å². The van der Waals surface area contributed by atoms with Gasteiger partial charge in [-0.2, -0.15) is 0 Å². The first-order valence-electron chi connectivity index (χ1n) is 17.0. The first-order chi connectivity index (χ1) is 24.6. The van der Waals surface area contributed by atoms with Crippen molar-refractivity contribution in [2.24, 2.45) is 0 Å². The highest BCUT2D eigenvalue weighted by Gasteiger charge is 2.29. The van der Waals surface area contributed by atoms with Gasteiger partial charge in [-0.3, -0.25) is 20.2 Å². The quantitative estimate of drug-likeness (QED) is 0.124. The molecule has 0 aliphatic heterocycles. The molecule has 1 aliphatic rings. The van der Waals surface area contributed by atoms with E-state index in [2.05, 4.69) is 41.7 Å². The van der Waals surface area contributed by atoms with Crippen LogP contribution in [0.5, 0.6) is 0 Å². The summed E-state index contributed by atoms with van der Waals surface area (Å²) in [5.41, 5.74) is 1.51. The van der Waals surface area contributed by atoms with E-state index in [-0.39, 0.29) is 36.5 Å². The van der Waals surface area contributed by atoms with Crippen molar-refractivity contribution in [1.82, 2.24) is 20.4 Å². The van der Waals surface area contributed by atoms with E-state index in [0.717, 1.165) is 46.8 Å². The van der Waals surface area contributed by atoms with Gasteiger partial charge in [-0.25, -0.2) is 9.59 Å². The Bertz CT molecular complexity index is 1730. The van der Waals surface area contributed by atoms with Gasteiger partial charge in [0.15, 0.2) is 0 Å². The first kappa shape index (κ1) is 38.3. The molecule has 16 heteroatoms. The number of amides is 4. The Kier molecular flexibility index (Phi) is 12.2. The molecule has 1 saturated carbocycles. The van der Waals surface area contributed by atoms with Crippen molar-refractivity contribution in [3.63, 3.8) is 0 Å². The summed E-state index contributed by atoms with van der Waals surface area (Å²) in [6, 6.07) is 14.0. The highest BCUT2D eigenvalue weighted by Crippen LogP contribution is 2.43. The molecule has 0 bridgehead atoms. The molecule has 2 aromatic heterocycles. The SMILES string of the molecule is CC(C)(C)OC(=O)Nc1ccc(CC(=O)Nc2nnc(C3CCCC(c4nnc(NC(=O)Cc5ccc(NC(=O)OC(C)(C)C)cc5)s4)C3)s2)cc1. The number of nitrogens with zero attached hydrogens (tertiary/aromatic N) is 4. The number of aromatic nitrogens is 4. The van der Waals surface area contributed by atoms with Crippen LogP contribution in [0.25, 0.3) is 0 Å². The van der Waals surface area contributed by atoms with Crippen LogP contribution < -0.4 is 21.3 Å². The highest BCUT2D eigenvalue weighted by atomic mass is 32.1. The summed E-state index contributed by atoms with van der Waals surface area (Å²) in [5.74, 6) is -0.0938. The molecule has 2 aromatic carbocycles. The Balaban J connectivity index is 1.07. The molecule has 4 N–H and O–H groups in total. The Morgan fingerprint density at radius 1 is 0.615 bits per heavy atom. The number of benzene rings is 2. The van der Waals surface area contributed by atoms with Crippen LogP contribution >= 0.6 is 22.7 Å². The van der Waals surface area contributed by atoms with Crippen molar-refractivity contribution in [2.45, 2.75) is 103 Å². The number of carbonyl (C=O) groups is 4. The summed E-state index contributed by atoms with van der Waals surface area (Å²) in [6.45, 7) is 10.8. The maximum Gasteiger partial charge on any atom is 0.412 e. The zero-order valence-corrected chi connectivity index (χ0v) is 31.7. The third-order valence-electron chi connectivity index (χ3n) is 7.67. The molecule has 0 saturated heterocycles. The van der Waals surface area contributed by atoms with Crippen molar-refractivity contribution in [3.05, 3.63) is 69.7 Å². The Hall–Kier alpha value is -4.96. The molecule has 0 radical (unpaired) electrons. The fourth-order valence-corrected chi connectivity index (χ4v) is 7.31. The summed E-state index contributed by atoms with van der Waals surface area (Å²) in [5, 5.41) is 30.9. The predicted molar refractivity (Wildman–Crippen MR) is 201 cm³/mol. The number of carbonyl (C=O) groups excluding carboxylic acids is 4. The lowest BCUT2D eigenvalue weighted by Gasteiger charge is -2.25. The summed E-state index contributed by atoms with van der Waals surface area (Å²) in [7, 11) is 0. The molecule has 14 nitrogen and oxygen atoms in total. The number of hydrogen-bond acceptors (Lipinski definition) is 12. The second kappa shape index (κ2) is 16.6. The minimum Gasteiger partial charge on any atom is -0.444 e. The largest absolute Gasteiger partial charge is 0.444 e. The van der Waals surface area contributed by atoms with Crippen LogP contribution in [0.4, 0.5) is 31.2 Å². The minimum atomic E-state index is -0.599. The van der Waals surface area contributed by atoms with Gasteiger partial charge in [-0.15, -0.1) is 20.4 Å². The second-order valence-corrected chi connectivity index (χ2v) is 16.6. The molecule has 2 unspecified atom stereocenters. The predicted octanol–water partition coefficient (Wildman–Crippen LogP) is 7.89. The Morgan fingerprint density at radius 3 is 1.37 bits per heavy atom. The fraction of sp³-hybridized carbons (Fsp3) is 0.444. The third kappa shape index (κ3) is 12.1. The normalized spacial score (nSPS) is 16.0. The van der Waals surface area contributed by atoms with Crippen LogP contribution in [0.15, 0.2) is 48.5 Å². The molecule has 4 amide bonds. The maximum absolute atomic E-state index is 12.8. The number of ether oxygens (including phenoxy) is 2. The topological polar surface area (TPSA) is 186 Å². The van der Waals surface area contributed by atoms with E-state index < -0.39 is 23.4 Å². The van der Waals surface area contributed by atoms with Gasteiger partial charge < -0.3 is 20.1 Å². The van der Waals surface area contributed by atoms with Gasteiger partial charge in [0.1, 0.15) is 21.2 Å². The van der Waals surface area contributed by atoms with E-state index in [9.17, 15) is 19.2 Å². The monoisotopic (exact) mass is 748 g/mol. The van der Waals surface area contributed by atoms with Crippen molar-refractivity contribution in [2.75, 3.05) is 21.3 Å². The summed E-state index contributed by atoms with van der Waals surface area (Å²) in [6.07, 6.45) is 2.91. The molecule has 1 fully saturated rings. The molecular weight excluding hydrogens is 705 g/mol. The van der Waals surface area contributed by atoms with Gasteiger partial charge in [0.25, 0.3) is 0 Å². The average molecular weight is 749 g/mol. The number of rotatable bonds is 10. The lowest BCUT2D eigenvalue weighted by atomic mass is 9.82. The van der Waals surface area contributed by atoms with Crippen molar-refractivity contribution >= 4 is 68.3 Å². The second-order valence-electron chi connectivity index (χ2n) is 14.5. The minimum absolute atomic E-state index is 0.142. The Morgan fingerprint density at radius 2 is 1.00 bits per heavy atom. The van der Waals surface area contributed by atoms with Gasteiger partial charge in [-0.1, -0.05) is 53.4 Å². The van der Waals surface area contributed by atoms with E-state index in [4.69, 9.17) is 9.47 Å². The van der Waals surface area contributed by atoms with Crippen LogP contribution in [0, 0.1) is 0 Å². The smallest absolute Gasteiger partial charge is 0.412 e. The first-order valence-corrected chi connectivity index (χ1v) is 18.6. The molecular formula is C36H44N8O6S2.